The van der Waals surface area contributed by atoms with Crippen molar-refractivity contribution in [1.82, 2.24) is 9.88 Å². The molecule has 94 valence electrons. The Morgan fingerprint density at radius 3 is 3.22 bits per heavy atom. The fraction of sp³-hybridized carbons (Fsp3) is 0.385. The Balaban J connectivity index is 1.63. The fourth-order valence-electron chi connectivity index (χ4n) is 2.29. The predicted octanol–water partition coefficient (Wildman–Crippen LogP) is 1.86. The van der Waals surface area contributed by atoms with Crippen molar-refractivity contribution in [2.75, 3.05) is 25.0 Å². The van der Waals surface area contributed by atoms with E-state index in [1.54, 1.807) is 12.5 Å². The molecule has 0 atom stereocenters. The van der Waals surface area contributed by atoms with Crippen molar-refractivity contribution in [2.45, 2.75) is 12.8 Å². The minimum atomic E-state index is 0.256. The summed E-state index contributed by atoms with van der Waals surface area (Å²) in [7, 11) is 0. The highest BCUT2D eigenvalue weighted by molar-refractivity contribution is 5.87. The van der Waals surface area contributed by atoms with Gasteiger partial charge in [0.05, 0.1) is 11.6 Å². The summed E-state index contributed by atoms with van der Waals surface area (Å²) in [6.07, 6.45) is 5.04. The topological polar surface area (TPSA) is 58.4 Å². The molecule has 5 heteroatoms. The summed E-state index contributed by atoms with van der Waals surface area (Å²) < 4.78 is 5.31. The molecule has 0 bridgehead atoms. The van der Waals surface area contributed by atoms with Crippen LogP contribution in [-0.2, 0) is 4.79 Å². The van der Waals surface area contributed by atoms with Gasteiger partial charge in [-0.3, -0.25) is 4.79 Å². The van der Waals surface area contributed by atoms with Crippen molar-refractivity contribution in [3.8, 4) is 0 Å². The Bertz CT molecular complexity index is 564. The summed E-state index contributed by atoms with van der Waals surface area (Å²) >= 11 is 0. The second kappa shape index (κ2) is 4.68. The standard InChI is InChI=1S/C13H15N3O2/c17-12-2-1-7-16(12)8-6-15-13-10-4-9-18-11(10)3-5-14-13/h3-5,9H,1-2,6-8H2,(H,14,15). The Morgan fingerprint density at radius 1 is 1.44 bits per heavy atom. The van der Waals surface area contributed by atoms with Gasteiger partial charge in [0, 0.05) is 32.3 Å². The number of carbonyl (C=O) groups excluding carboxylic acids is 1. The van der Waals surface area contributed by atoms with Crippen LogP contribution >= 0.6 is 0 Å². The van der Waals surface area contributed by atoms with Crippen LogP contribution in [0.25, 0.3) is 11.0 Å². The highest BCUT2D eigenvalue weighted by Crippen LogP contribution is 2.21. The van der Waals surface area contributed by atoms with E-state index in [0.717, 1.165) is 36.3 Å². The van der Waals surface area contributed by atoms with E-state index in [1.165, 1.54) is 0 Å². The zero-order chi connectivity index (χ0) is 12.4. The van der Waals surface area contributed by atoms with Gasteiger partial charge in [-0.1, -0.05) is 0 Å². The molecule has 2 aromatic heterocycles. The number of aromatic nitrogens is 1. The average Bonchev–Trinajstić information content (AvgIpc) is 2.99. The van der Waals surface area contributed by atoms with Gasteiger partial charge >= 0.3 is 0 Å². The molecule has 1 amide bonds. The van der Waals surface area contributed by atoms with Crippen molar-refractivity contribution in [1.29, 1.82) is 0 Å². The van der Waals surface area contributed by atoms with Crippen molar-refractivity contribution in [2.24, 2.45) is 0 Å². The van der Waals surface area contributed by atoms with Crippen LogP contribution in [0.5, 0.6) is 0 Å². The lowest BCUT2D eigenvalue weighted by Gasteiger charge is -2.15. The second-order valence-electron chi connectivity index (χ2n) is 4.40. The molecule has 1 aliphatic rings. The number of anilines is 1. The number of hydrogen-bond donors (Lipinski definition) is 1. The molecule has 1 aliphatic heterocycles. The van der Waals surface area contributed by atoms with E-state index in [1.807, 2.05) is 17.0 Å². The van der Waals surface area contributed by atoms with E-state index in [4.69, 9.17) is 4.42 Å². The van der Waals surface area contributed by atoms with Crippen LogP contribution in [0.15, 0.2) is 29.0 Å². The summed E-state index contributed by atoms with van der Waals surface area (Å²) in [6, 6.07) is 3.73. The quantitative estimate of drug-likeness (QED) is 0.893. The summed E-state index contributed by atoms with van der Waals surface area (Å²) in [4.78, 5) is 17.6. The number of fused-ring (bicyclic) bond motifs is 1. The molecule has 0 unspecified atom stereocenters. The SMILES string of the molecule is O=C1CCCN1CCNc1nccc2occc12. The first-order valence-corrected chi connectivity index (χ1v) is 6.18. The molecule has 18 heavy (non-hydrogen) atoms. The maximum Gasteiger partial charge on any atom is 0.222 e. The first-order valence-electron chi connectivity index (χ1n) is 6.18. The number of carbonyl (C=O) groups is 1. The molecule has 3 rings (SSSR count). The van der Waals surface area contributed by atoms with Crippen LogP contribution in [0.1, 0.15) is 12.8 Å². The van der Waals surface area contributed by atoms with Crippen LogP contribution in [0, 0.1) is 0 Å². The number of furan rings is 1. The third-order valence-corrected chi connectivity index (χ3v) is 3.23. The molecule has 1 fully saturated rings. The smallest absolute Gasteiger partial charge is 0.222 e. The van der Waals surface area contributed by atoms with Crippen LogP contribution in [-0.4, -0.2) is 35.4 Å². The zero-order valence-electron chi connectivity index (χ0n) is 10.1. The molecule has 1 N–H and O–H groups in total. The lowest BCUT2D eigenvalue weighted by Crippen LogP contribution is -2.30. The molecule has 1 saturated heterocycles. The van der Waals surface area contributed by atoms with Crippen molar-refractivity contribution < 1.29 is 9.21 Å². The van der Waals surface area contributed by atoms with E-state index in [0.29, 0.717) is 13.0 Å². The number of pyridine rings is 1. The maximum atomic E-state index is 11.5. The Hall–Kier alpha value is -2.04. The Labute approximate surface area is 105 Å². The highest BCUT2D eigenvalue weighted by Gasteiger charge is 2.19. The second-order valence-corrected chi connectivity index (χ2v) is 4.40. The van der Waals surface area contributed by atoms with Crippen LogP contribution in [0.3, 0.4) is 0 Å². The molecule has 3 heterocycles. The predicted molar refractivity (Wildman–Crippen MR) is 68.3 cm³/mol. The van der Waals surface area contributed by atoms with Crippen LogP contribution < -0.4 is 5.32 Å². The van der Waals surface area contributed by atoms with E-state index in [-0.39, 0.29) is 5.91 Å². The number of rotatable bonds is 4. The normalized spacial score (nSPS) is 15.6. The van der Waals surface area contributed by atoms with Gasteiger partial charge in [0.15, 0.2) is 0 Å². The highest BCUT2D eigenvalue weighted by atomic mass is 16.3. The van der Waals surface area contributed by atoms with E-state index in [9.17, 15) is 4.79 Å². The molecule has 0 aromatic carbocycles. The van der Waals surface area contributed by atoms with Crippen LogP contribution in [0.4, 0.5) is 5.82 Å². The van der Waals surface area contributed by atoms with Crippen molar-refractivity contribution in [3.63, 3.8) is 0 Å². The van der Waals surface area contributed by atoms with Crippen LogP contribution in [0.2, 0.25) is 0 Å². The number of nitrogens with one attached hydrogen (secondary N) is 1. The van der Waals surface area contributed by atoms with E-state index >= 15 is 0 Å². The van der Waals surface area contributed by atoms with Gasteiger partial charge in [-0.25, -0.2) is 4.98 Å². The molecular formula is C13H15N3O2. The number of nitrogens with zero attached hydrogens (tertiary/aromatic N) is 2. The van der Waals surface area contributed by atoms with Gasteiger partial charge in [-0.2, -0.15) is 0 Å². The fourth-order valence-corrected chi connectivity index (χ4v) is 2.29. The molecule has 0 spiro atoms. The molecule has 0 radical (unpaired) electrons. The third kappa shape index (κ3) is 2.03. The van der Waals surface area contributed by atoms with Gasteiger partial charge in [0.2, 0.25) is 5.91 Å². The van der Waals surface area contributed by atoms with Crippen molar-refractivity contribution in [3.05, 3.63) is 24.6 Å². The monoisotopic (exact) mass is 245 g/mol. The van der Waals surface area contributed by atoms with Gasteiger partial charge in [0.1, 0.15) is 11.4 Å². The minimum absolute atomic E-state index is 0.256. The van der Waals surface area contributed by atoms with E-state index < -0.39 is 0 Å². The Morgan fingerprint density at radius 2 is 2.39 bits per heavy atom. The van der Waals surface area contributed by atoms with Gasteiger partial charge in [-0.15, -0.1) is 0 Å². The molecule has 5 nitrogen and oxygen atoms in total. The molecular weight excluding hydrogens is 230 g/mol. The summed E-state index contributed by atoms with van der Waals surface area (Å²) in [5.41, 5.74) is 0.824. The molecule has 0 saturated carbocycles. The maximum absolute atomic E-state index is 11.5. The first kappa shape index (κ1) is 11.1. The summed E-state index contributed by atoms with van der Waals surface area (Å²) in [6.45, 7) is 2.32. The van der Waals surface area contributed by atoms with Crippen molar-refractivity contribution >= 4 is 22.7 Å². The number of hydrogen-bond acceptors (Lipinski definition) is 4. The number of likely N-dealkylation sites (tertiary alicyclic amines) is 1. The van der Waals surface area contributed by atoms with E-state index in [2.05, 4.69) is 10.3 Å². The van der Waals surface area contributed by atoms with Gasteiger partial charge in [0.25, 0.3) is 0 Å². The average molecular weight is 245 g/mol. The lowest BCUT2D eigenvalue weighted by molar-refractivity contribution is -0.127. The minimum Gasteiger partial charge on any atom is -0.464 e. The summed E-state index contributed by atoms with van der Waals surface area (Å²) in [5, 5.41) is 4.23. The third-order valence-electron chi connectivity index (χ3n) is 3.23. The first-order chi connectivity index (χ1) is 8.84. The summed E-state index contributed by atoms with van der Waals surface area (Å²) in [5.74, 6) is 1.07. The van der Waals surface area contributed by atoms with Gasteiger partial charge in [-0.05, 0) is 18.6 Å². The van der Waals surface area contributed by atoms with Gasteiger partial charge < -0.3 is 14.6 Å². The largest absolute Gasteiger partial charge is 0.464 e. The number of amides is 1. The Kier molecular flexibility index (Phi) is 2.88. The molecule has 2 aromatic rings. The lowest BCUT2D eigenvalue weighted by atomic mass is 10.3. The zero-order valence-corrected chi connectivity index (χ0v) is 10.1. The molecule has 0 aliphatic carbocycles.